The number of ether oxygens (including phenoxy) is 1. The average molecular weight is 316 g/mol. The molecule has 3 rings (SSSR count). The molecule has 0 spiro atoms. The van der Waals surface area contributed by atoms with Crippen LogP contribution in [-0.2, 0) is 0 Å². The van der Waals surface area contributed by atoms with Gasteiger partial charge in [-0.25, -0.2) is 9.97 Å². The van der Waals surface area contributed by atoms with Crippen molar-refractivity contribution in [2.24, 2.45) is 0 Å². The minimum Gasteiger partial charge on any atom is -0.497 e. The molecule has 0 aliphatic rings. The van der Waals surface area contributed by atoms with E-state index in [0.29, 0.717) is 11.8 Å². The van der Waals surface area contributed by atoms with Crippen LogP contribution in [0.1, 0.15) is 11.4 Å². The molecule has 0 saturated carbocycles. The first-order valence-corrected chi connectivity index (χ1v) is 7.04. The molecule has 0 saturated heterocycles. The van der Waals surface area contributed by atoms with Crippen LogP contribution in [0.3, 0.4) is 0 Å². The summed E-state index contributed by atoms with van der Waals surface area (Å²) in [7, 11) is 1.62. The van der Waals surface area contributed by atoms with Gasteiger partial charge in [-0.05, 0) is 55.8 Å². The molecule has 0 aliphatic heterocycles. The number of hydrogen-bond acceptors (Lipinski definition) is 5. The smallest absolute Gasteiger partial charge is 0.253 e. The van der Waals surface area contributed by atoms with Gasteiger partial charge in [0.1, 0.15) is 5.75 Å². The molecular formula is C15H14ClN5O. The second kappa shape index (κ2) is 5.73. The highest BCUT2D eigenvalue weighted by atomic mass is 35.5. The van der Waals surface area contributed by atoms with Crippen molar-refractivity contribution in [2.45, 2.75) is 13.8 Å². The van der Waals surface area contributed by atoms with E-state index in [1.807, 2.05) is 44.2 Å². The van der Waals surface area contributed by atoms with E-state index in [2.05, 4.69) is 20.1 Å². The van der Waals surface area contributed by atoms with Crippen molar-refractivity contribution in [1.29, 1.82) is 0 Å². The molecule has 7 heteroatoms. The Bertz CT molecular complexity index is 793. The summed E-state index contributed by atoms with van der Waals surface area (Å²) in [6.45, 7) is 3.79. The molecule has 0 aliphatic carbocycles. The van der Waals surface area contributed by atoms with Crippen molar-refractivity contribution in [3.05, 3.63) is 47.0 Å². The number of benzene rings is 1. The lowest BCUT2D eigenvalue weighted by molar-refractivity contribution is 0.415. The number of halogens is 1. The number of aromatic nitrogens is 5. The first-order chi connectivity index (χ1) is 10.6. The molecule has 2 heterocycles. The van der Waals surface area contributed by atoms with E-state index in [0.717, 1.165) is 22.7 Å². The van der Waals surface area contributed by atoms with Crippen LogP contribution in [0.15, 0.2) is 30.3 Å². The molecule has 0 N–H and O–H groups in total. The second-order valence-electron chi connectivity index (χ2n) is 4.80. The Labute approximate surface area is 132 Å². The number of rotatable bonds is 3. The van der Waals surface area contributed by atoms with Crippen molar-refractivity contribution in [3.8, 4) is 23.1 Å². The zero-order chi connectivity index (χ0) is 15.7. The summed E-state index contributed by atoms with van der Waals surface area (Å²) >= 11 is 6.18. The standard InChI is InChI=1S/C15H14ClN5O/c1-9-8-10(2)18-15(17-9)21-14(16)19-13(20-21)11-4-6-12(22-3)7-5-11/h4-8H,1-3H3. The van der Waals surface area contributed by atoms with Gasteiger partial charge in [-0.3, -0.25) is 0 Å². The van der Waals surface area contributed by atoms with E-state index >= 15 is 0 Å². The van der Waals surface area contributed by atoms with Gasteiger partial charge in [-0.15, -0.1) is 5.10 Å². The lowest BCUT2D eigenvalue weighted by atomic mass is 10.2. The van der Waals surface area contributed by atoms with Crippen LogP contribution in [0.4, 0.5) is 0 Å². The van der Waals surface area contributed by atoms with Gasteiger partial charge in [0.15, 0.2) is 5.82 Å². The van der Waals surface area contributed by atoms with E-state index < -0.39 is 0 Å². The Hall–Kier alpha value is -2.47. The van der Waals surface area contributed by atoms with Crippen molar-refractivity contribution >= 4 is 11.6 Å². The predicted octanol–water partition coefficient (Wildman–Crippen LogP) is 3.00. The van der Waals surface area contributed by atoms with Crippen LogP contribution < -0.4 is 4.74 Å². The largest absolute Gasteiger partial charge is 0.497 e. The summed E-state index contributed by atoms with van der Waals surface area (Å²) in [4.78, 5) is 13.0. The van der Waals surface area contributed by atoms with Gasteiger partial charge in [-0.2, -0.15) is 9.67 Å². The first-order valence-electron chi connectivity index (χ1n) is 6.66. The topological polar surface area (TPSA) is 65.7 Å². The van der Waals surface area contributed by atoms with E-state index in [1.54, 1.807) is 7.11 Å². The fourth-order valence-corrected chi connectivity index (χ4v) is 2.28. The first kappa shape index (κ1) is 14.5. The fourth-order valence-electron chi connectivity index (χ4n) is 2.08. The molecule has 3 aromatic rings. The maximum Gasteiger partial charge on any atom is 0.253 e. The third-order valence-electron chi connectivity index (χ3n) is 3.08. The third kappa shape index (κ3) is 2.78. The molecule has 112 valence electrons. The van der Waals surface area contributed by atoms with Gasteiger partial charge in [0.05, 0.1) is 7.11 Å². The lowest BCUT2D eigenvalue weighted by Crippen LogP contribution is -2.05. The molecule has 1 aromatic carbocycles. The van der Waals surface area contributed by atoms with E-state index in [-0.39, 0.29) is 5.28 Å². The van der Waals surface area contributed by atoms with Crippen LogP contribution >= 0.6 is 11.6 Å². The molecule has 0 unspecified atom stereocenters. The SMILES string of the molecule is COc1ccc(-c2nc(Cl)n(-c3nc(C)cc(C)n3)n2)cc1. The molecule has 0 radical (unpaired) electrons. The lowest BCUT2D eigenvalue weighted by Gasteiger charge is -2.02. The van der Waals surface area contributed by atoms with Crippen LogP contribution in [0.5, 0.6) is 5.75 Å². The van der Waals surface area contributed by atoms with Gasteiger partial charge in [0, 0.05) is 17.0 Å². The predicted molar refractivity (Wildman–Crippen MR) is 83.4 cm³/mol. The van der Waals surface area contributed by atoms with Crippen molar-refractivity contribution in [1.82, 2.24) is 24.7 Å². The molecule has 0 amide bonds. The van der Waals surface area contributed by atoms with Gasteiger partial charge in [0.25, 0.3) is 5.95 Å². The van der Waals surface area contributed by atoms with Crippen molar-refractivity contribution in [3.63, 3.8) is 0 Å². The molecule has 0 fully saturated rings. The van der Waals surface area contributed by atoms with Crippen LogP contribution in [0, 0.1) is 13.8 Å². The quantitative estimate of drug-likeness (QED) is 0.743. The van der Waals surface area contributed by atoms with Crippen LogP contribution in [0.25, 0.3) is 17.3 Å². The zero-order valence-corrected chi connectivity index (χ0v) is 13.2. The highest BCUT2D eigenvalue weighted by Gasteiger charge is 2.14. The summed E-state index contributed by atoms with van der Waals surface area (Å²) < 4.78 is 6.57. The summed E-state index contributed by atoms with van der Waals surface area (Å²) in [5, 5.41) is 4.61. The normalized spacial score (nSPS) is 10.7. The Morgan fingerprint density at radius 3 is 2.23 bits per heavy atom. The minimum absolute atomic E-state index is 0.218. The summed E-state index contributed by atoms with van der Waals surface area (Å²) in [5.74, 6) is 1.69. The maximum atomic E-state index is 6.18. The third-order valence-corrected chi connectivity index (χ3v) is 3.32. The monoisotopic (exact) mass is 315 g/mol. The number of hydrogen-bond donors (Lipinski definition) is 0. The highest BCUT2D eigenvalue weighted by Crippen LogP contribution is 2.22. The molecule has 22 heavy (non-hydrogen) atoms. The summed E-state index contributed by atoms with van der Waals surface area (Å²) in [6, 6.07) is 9.32. The molecular weight excluding hydrogens is 302 g/mol. The van der Waals surface area contributed by atoms with Gasteiger partial charge in [-0.1, -0.05) is 0 Å². The molecule has 0 atom stereocenters. The van der Waals surface area contributed by atoms with Crippen LogP contribution in [-0.4, -0.2) is 31.8 Å². The van der Waals surface area contributed by atoms with E-state index in [4.69, 9.17) is 16.3 Å². The minimum atomic E-state index is 0.218. The van der Waals surface area contributed by atoms with Crippen LogP contribution in [0.2, 0.25) is 5.28 Å². The molecule has 2 aromatic heterocycles. The summed E-state index contributed by atoms with van der Waals surface area (Å²) in [5.41, 5.74) is 2.53. The van der Waals surface area contributed by atoms with Gasteiger partial charge in [0.2, 0.25) is 5.28 Å². The number of methoxy groups -OCH3 is 1. The Kier molecular flexibility index (Phi) is 3.77. The number of aryl methyl sites for hydroxylation is 2. The van der Waals surface area contributed by atoms with Gasteiger partial charge < -0.3 is 4.74 Å². The fraction of sp³-hybridized carbons (Fsp3) is 0.200. The Morgan fingerprint density at radius 1 is 1.00 bits per heavy atom. The highest BCUT2D eigenvalue weighted by molar-refractivity contribution is 6.28. The average Bonchev–Trinajstić information content (AvgIpc) is 2.88. The molecule has 6 nitrogen and oxygen atoms in total. The van der Waals surface area contributed by atoms with E-state index in [9.17, 15) is 0 Å². The van der Waals surface area contributed by atoms with Gasteiger partial charge >= 0.3 is 0 Å². The summed E-state index contributed by atoms with van der Waals surface area (Å²) in [6.07, 6.45) is 0. The molecule has 0 bridgehead atoms. The number of nitrogens with zero attached hydrogens (tertiary/aromatic N) is 5. The second-order valence-corrected chi connectivity index (χ2v) is 5.13. The van der Waals surface area contributed by atoms with Crippen molar-refractivity contribution < 1.29 is 4.74 Å². The Morgan fingerprint density at radius 2 is 1.64 bits per heavy atom. The Balaban J connectivity index is 2.02. The van der Waals surface area contributed by atoms with E-state index in [1.165, 1.54) is 4.68 Å². The maximum absolute atomic E-state index is 6.18. The van der Waals surface area contributed by atoms with Crippen molar-refractivity contribution in [2.75, 3.05) is 7.11 Å². The zero-order valence-electron chi connectivity index (χ0n) is 12.4.